The third-order valence-corrected chi connectivity index (χ3v) is 6.85. The Kier molecular flexibility index (Phi) is 7.43. The van der Waals surface area contributed by atoms with E-state index in [1.807, 2.05) is 36.4 Å². The Balaban J connectivity index is 1.56. The molecular weight excluding hydrogens is 414 g/mol. The molecule has 0 bridgehead atoms. The minimum atomic E-state index is -3.74. The lowest BCUT2D eigenvalue weighted by atomic mass is 10.1. The molecule has 31 heavy (non-hydrogen) atoms. The zero-order valence-electron chi connectivity index (χ0n) is 17.7. The second-order valence-corrected chi connectivity index (χ2v) is 9.65. The maximum Gasteiger partial charge on any atom is 0.242 e. The van der Waals surface area contributed by atoms with Gasteiger partial charge >= 0.3 is 0 Å². The van der Waals surface area contributed by atoms with Crippen LogP contribution < -0.4 is 4.74 Å². The van der Waals surface area contributed by atoms with E-state index in [0.29, 0.717) is 18.6 Å². The van der Waals surface area contributed by atoms with Gasteiger partial charge in [-0.15, -0.1) is 0 Å². The number of sulfonamides is 1. The number of rotatable bonds is 10. The summed E-state index contributed by atoms with van der Waals surface area (Å²) in [6.07, 6.45) is 0.185. The van der Waals surface area contributed by atoms with Crippen LogP contribution in [0.4, 0.5) is 0 Å². The summed E-state index contributed by atoms with van der Waals surface area (Å²) in [5.74, 6) is 0.719. The SMILES string of the molecule is CC(=O)CCc1ccc(OC[C@@H](O)CN(C)S(=O)(=O)c2ccc3ccccc3c2)cc1. The third kappa shape index (κ3) is 6.13. The van der Waals surface area contributed by atoms with E-state index in [-0.39, 0.29) is 23.8 Å². The summed E-state index contributed by atoms with van der Waals surface area (Å²) in [5, 5.41) is 12.1. The highest BCUT2D eigenvalue weighted by Gasteiger charge is 2.23. The Morgan fingerprint density at radius 3 is 2.39 bits per heavy atom. The Morgan fingerprint density at radius 1 is 1.03 bits per heavy atom. The fraction of sp³-hybridized carbons (Fsp3) is 0.292. The van der Waals surface area contributed by atoms with Crippen LogP contribution in [0.25, 0.3) is 10.8 Å². The number of aliphatic hydroxyl groups is 1. The summed E-state index contributed by atoms with van der Waals surface area (Å²) < 4.78 is 32.5. The molecule has 1 N–H and O–H groups in total. The molecule has 0 saturated heterocycles. The molecule has 1 atom stereocenters. The molecule has 0 saturated carbocycles. The fourth-order valence-corrected chi connectivity index (χ4v) is 4.46. The summed E-state index contributed by atoms with van der Waals surface area (Å²) in [4.78, 5) is 11.3. The first-order valence-corrected chi connectivity index (χ1v) is 11.5. The zero-order chi connectivity index (χ0) is 22.4. The van der Waals surface area contributed by atoms with Crippen LogP contribution in [0.3, 0.4) is 0 Å². The predicted octanol–water partition coefficient (Wildman–Crippen LogP) is 3.42. The molecule has 0 aliphatic rings. The molecule has 0 amide bonds. The van der Waals surface area contributed by atoms with Gasteiger partial charge < -0.3 is 14.6 Å². The summed E-state index contributed by atoms with van der Waals surface area (Å²) in [6.45, 7) is 1.44. The van der Waals surface area contributed by atoms with Gasteiger partial charge in [-0.3, -0.25) is 0 Å². The largest absolute Gasteiger partial charge is 0.491 e. The van der Waals surface area contributed by atoms with E-state index >= 15 is 0 Å². The monoisotopic (exact) mass is 441 g/mol. The Labute approximate surface area is 183 Å². The highest BCUT2D eigenvalue weighted by atomic mass is 32.2. The van der Waals surface area contributed by atoms with Crippen LogP contribution in [-0.4, -0.2) is 49.9 Å². The van der Waals surface area contributed by atoms with Gasteiger partial charge in [0.2, 0.25) is 10.0 Å². The number of fused-ring (bicyclic) bond motifs is 1. The number of Topliss-reactive ketones (excluding diaryl/α,β-unsaturated/α-hetero) is 1. The van der Waals surface area contributed by atoms with E-state index < -0.39 is 16.1 Å². The number of carbonyl (C=O) groups is 1. The van der Waals surface area contributed by atoms with Crippen LogP contribution in [0.15, 0.2) is 71.6 Å². The first-order chi connectivity index (χ1) is 14.8. The molecular formula is C24H27NO5S. The molecule has 0 fully saturated rings. The number of aliphatic hydroxyl groups excluding tert-OH is 1. The van der Waals surface area contributed by atoms with Gasteiger partial charge in [0.1, 0.15) is 24.2 Å². The van der Waals surface area contributed by atoms with Crippen LogP contribution >= 0.6 is 0 Å². The van der Waals surface area contributed by atoms with E-state index in [4.69, 9.17) is 4.74 Å². The van der Waals surface area contributed by atoms with Gasteiger partial charge in [-0.05, 0) is 53.9 Å². The molecule has 0 unspecified atom stereocenters. The number of ketones is 1. The number of benzene rings is 3. The molecule has 164 valence electrons. The van der Waals surface area contributed by atoms with Gasteiger partial charge in [0, 0.05) is 20.0 Å². The highest BCUT2D eigenvalue weighted by Crippen LogP contribution is 2.21. The second kappa shape index (κ2) is 10.0. The number of hydrogen-bond acceptors (Lipinski definition) is 5. The van der Waals surface area contributed by atoms with Crippen molar-refractivity contribution in [3.05, 3.63) is 72.3 Å². The lowest BCUT2D eigenvalue weighted by Crippen LogP contribution is -2.37. The zero-order valence-corrected chi connectivity index (χ0v) is 18.5. The maximum atomic E-state index is 12.9. The maximum absolute atomic E-state index is 12.9. The molecule has 3 rings (SSSR count). The van der Waals surface area contributed by atoms with Crippen molar-refractivity contribution in [1.29, 1.82) is 0 Å². The normalized spacial score (nSPS) is 12.8. The number of nitrogens with zero attached hydrogens (tertiary/aromatic N) is 1. The summed E-state index contributed by atoms with van der Waals surface area (Å²) in [7, 11) is -2.30. The van der Waals surface area contributed by atoms with Crippen molar-refractivity contribution >= 4 is 26.6 Å². The van der Waals surface area contributed by atoms with Crippen molar-refractivity contribution in [2.24, 2.45) is 0 Å². The average molecular weight is 442 g/mol. The minimum absolute atomic E-state index is 0.0373. The van der Waals surface area contributed by atoms with Crippen molar-refractivity contribution < 1.29 is 23.1 Å². The number of hydrogen-bond donors (Lipinski definition) is 1. The first kappa shape index (κ1) is 22.9. The van der Waals surface area contributed by atoms with Crippen molar-refractivity contribution in [3.63, 3.8) is 0 Å². The van der Waals surface area contributed by atoms with Crippen LogP contribution in [0.2, 0.25) is 0 Å². The van der Waals surface area contributed by atoms with Crippen molar-refractivity contribution in [2.45, 2.75) is 30.8 Å². The predicted molar refractivity (Wildman–Crippen MR) is 121 cm³/mol. The Morgan fingerprint density at radius 2 is 1.71 bits per heavy atom. The lowest BCUT2D eigenvalue weighted by molar-refractivity contribution is -0.116. The van der Waals surface area contributed by atoms with Gasteiger partial charge in [0.15, 0.2) is 0 Å². The van der Waals surface area contributed by atoms with Crippen molar-refractivity contribution in [3.8, 4) is 5.75 Å². The molecule has 0 aliphatic heterocycles. The molecule has 6 nitrogen and oxygen atoms in total. The van der Waals surface area contributed by atoms with Gasteiger partial charge in [-0.25, -0.2) is 8.42 Å². The molecule has 0 aliphatic carbocycles. The standard InChI is InChI=1S/C24H27NO5S/c1-18(26)7-8-19-9-12-23(13-10-19)30-17-22(27)16-25(2)31(28,29)24-14-11-20-5-3-4-6-21(20)15-24/h3-6,9-15,22,27H,7-8,16-17H2,1-2H3/t22-/m0/s1. The van der Waals surface area contributed by atoms with E-state index in [2.05, 4.69) is 0 Å². The minimum Gasteiger partial charge on any atom is -0.491 e. The number of aryl methyl sites for hydroxylation is 1. The van der Waals surface area contributed by atoms with E-state index in [0.717, 1.165) is 20.6 Å². The summed E-state index contributed by atoms with van der Waals surface area (Å²) in [6, 6.07) is 19.8. The van der Waals surface area contributed by atoms with Crippen molar-refractivity contribution in [2.75, 3.05) is 20.2 Å². The topological polar surface area (TPSA) is 83.9 Å². The van der Waals surface area contributed by atoms with Gasteiger partial charge in [-0.1, -0.05) is 42.5 Å². The number of likely N-dealkylation sites (N-methyl/N-ethyl adjacent to an activating group) is 1. The van der Waals surface area contributed by atoms with Gasteiger partial charge in [-0.2, -0.15) is 4.31 Å². The van der Waals surface area contributed by atoms with Crippen LogP contribution in [0, 0.1) is 0 Å². The van der Waals surface area contributed by atoms with Crippen LogP contribution in [-0.2, 0) is 21.2 Å². The third-order valence-electron chi connectivity index (χ3n) is 5.03. The molecule has 7 heteroatoms. The molecule has 0 spiro atoms. The van der Waals surface area contributed by atoms with E-state index in [1.165, 1.54) is 7.05 Å². The molecule has 0 heterocycles. The number of ether oxygens (including phenoxy) is 1. The molecule has 0 aromatic heterocycles. The number of carbonyl (C=O) groups excluding carboxylic acids is 1. The Bertz CT molecular complexity index is 1140. The summed E-state index contributed by atoms with van der Waals surface area (Å²) >= 11 is 0. The first-order valence-electron chi connectivity index (χ1n) is 10.1. The van der Waals surface area contributed by atoms with Crippen LogP contribution in [0.5, 0.6) is 5.75 Å². The highest BCUT2D eigenvalue weighted by molar-refractivity contribution is 7.89. The van der Waals surface area contributed by atoms with Gasteiger partial charge in [0.05, 0.1) is 4.90 Å². The molecule has 3 aromatic rings. The summed E-state index contributed by atoms with van der Waals surface area (Å²) in [5.41, 5.74) is 1.03. The van der Waals surface area contributed by atoms with Crippen LogP contribution in [0.1, 0.15) is 18.9 Å². The molecule has 3 aromatic carbocycles. The van der Waals surface area contributed by atoms with Crippen molar-refractivity contribution in [1.82, 2.24) is 4.31 Å². The average Bonchev–Trinajstić information content (AvgIpc) is 2.76. The quantitative estimate of drug-likeness (QED) is 0.521. The fourth-order valence-electron chi connectivity index (χ4n) is 3.22. The lowest BCUT2D eigenvalue weighted by Gasteiger charge is -2.21. The van der Waals surface area contributed by atoms with Gasteiger partial charge in [0.25, 0.3) is 0 Å². The second-order valence-electron chi connectivity index (χ2n) is 7.61. The van der Waals surface area contributed by atoms with E-state index in [1.54, 1.807) is 37.3 Å². The van der Waals surface area contributed by atoms with E-state index in [9.17, 15) is 18.3 Å². The Hall–Kier alpha value is -2.74. The smallest absolute Gasteiger partial charge is 0.242 e. The molecule has 0 radical (unpaired) electrons.